The molecule has 2 aromatic carbocycles. The van der Waals surface area contributed by atoms with Crippen LogP contribution in [0.15, 0.2) is 36.4 Å². The Labute approximate surface area is 220 Å². The number of fused-ring (bicyclic) bond motifs is 3. The van der Waals surface area contributed by atoms with Crippen molar-refractivity contribution >= 4 is 5.69 Å². The predicted octanol–water partition coefficient (Wildman–Crippen LogP) is 3.64. The SMILES string of the molecule is COCCCOc1ccc2c(c1)CO[C@@]21CCNC[C@@H]1OCc1ccc2c(c1)N(CCCOC)CCO2. The molecule has 8 heteroatoms. The summed E-state index contributed by atoms with van der Waals surface area (Å²) in [5, 5.41) is 3.51. The van der Waals surface area contributed by atoms with E-state index in [0.717, 1.165) is 74.8 Å². The van der Waals surface area contributed by atoms with E-state index in [1.807, 2.05) is 0 Å². The second-order valence-electron chi connectivity index (χ2n) is 9.93. The van der Waals surface area contributed by atoms with Crippen molar-refractivity contribution in [3.05, 3.63) is 53.1 Å². The van der Waals surface area contributed by atoms with Gasteiger partial charge in [-0.25, -0.2) is 0 Å². The Morgan fingerprint density at radius 1 is 1.05 bits per heavy atom. The second-order valence-corrected chi connectivity index (χ2v) is 9.93. The average Bonchev–Trinajstić information content (AvgIpc) is 3.29. The van der Waals surface area contributed by atoms with Crippen LogP contribution in [-0.4, -0.2) is 72.9 Å². The average molecular weight is 513 g/mol. The van der Waals surface area contributed by atoms with Crippen molar-refractivity contribution < 1.29 is 28.4 Å². The molecule has 5 rings (SSSR count). The second kappa shape index (κ2) is 12.5. The van der Waals surface area contributed by atoms with E-state index in [0.29, 0.717) is 33.0 Å². The van der Waals surface area contributed by atoms with Crippen LogP contribution in [0.4, 0.5) is 5.69 Å². The van der Waals surface area contributed by atoms with Crippen molar-refractivity contribution in [3.63, 3.8) is 0 Å². The molecule has 3 aliphatic rings. The van der Waals surface area contributed by atoms with Gasteiger partial charge in [0.05, 0.1) is 32.1 Å². The van der Waals surface area contributed by atoms with Gasteiger partial charge in [-0.1, -0.05) is 12.1 Å². The lowest BCUT2D eigenvalue weighted by Crippen LogP contribution is -2.53. The Morgan fingerprint density at radius 3 is 2.84 bits per heavy atom. The van der Waals surface area contributed by atoms with Gasteiger partial charge in [-0.15, -0.1) is 0 Å². The van der Waals surface area contributed by atoms with Crippen molar-refractivity contribution in [3.8, 4) is 11.5 Å². The van der Waals surface area contributed by atoms with Crippen LogP contribution < -0.4 is 19.7 Å². The number of rotatable bonds is 12. The van der Waals surface area contributed by atoms with E-state index < -0.39 is 5.60 Å². The van der Waals surface area contributed by atoms with E-state index >= 15 is 0 Å². The van der Waals surface area contributed by atoms with Crippen LogP contribution in [-0.2, 0) is 37.8 Å². The molecular weight excluding hydrogens is 472 g/mol. The normalized spacial score (nSPS) is 22.5. The fourth-order valence-electron chi connectivity index (χ4n) is 5.61. The molecule has 3 aliphatic heterocycles. The maximum atomic E-state index is 6.60. The highest BCUT2D eigenvalue weighted by Crippen LogP contribution is 2.45. The Morgan fingerprint density at radius 2 is 1.95 bits per heavy atom. The highest BCUT2D eigenvalue weighted by atomic mass is 16.6. The number of methoxy groups -OCH3 is 2. The van der Waals surface area contributed by atoms with Crippen molar-refractivity contribution in [1.82, 2.24) is 5.32 Å². The standard InChI is InChI=1S/C29H40N2O6/c1-32-13-3-11-31-12-16-35-27-8-5-22(17-26(27)31)20-36-28-19-30-10-9-29(28)25-7-6-24(18-23(25)21-37-29)34-15-4-14-33-2/h5-8,17-18,28,30H,3-4,9-16,19-21H2,1-2H3/t28-,29-/m0/s1. The van der Waals surface area contributed by atoms with Gasteiger partial charge < -0.3 is 38.6 Å². The van der Waals surface area contributed by atoms with Gasteiger partial charge in [0.1, 0.15) is 29.8 Å². The van der Waals surface area contributed by atoms with Crippen molar-refractivity contribution in [2.24, 2.45) is 0 Å². The molecule has 0 bridgehead atoms. The van der Waals surface area contributed by atoms with Crippen molar-refractivity contribution in [2.75, 3.05) is 71.7 Å². The molecule has 1 N–H and O–H groups in total. The first kappa shape index (κ1) is 26.3. The van der Waals surface area contributed by atoms with Gasteiger partial charge in [-0.2, -0.15) is 0 Å². The maximum absolute atomic E-state index is 6.60. The third-order valence-corrected chi connectivity index (χ3v) is 7.51. The quantitative estimate of drug-likeness (QED) is 0.433. The molecule has 0 aromatic heterocycles. The molecule has 0 saturated carbocycles. The molecule has 2 atom stereocenters. The van der Waals surface area contributed by atoms with E-state index in [9.17, 15) is 0 Å². The number of hydrogen-bond acceptors (Lipinski definition) is 8. The number of ether oxygens (including phenoxy) is 6. The smallest absolute Gasteiger partial charge is 0.142 e. The fraction of sp³-hybridized carbons (Fsp3) is 0.586. The Bertz CT molecular complexity index is 1030. The van der Waals surface area contributed by atoms with E-state index in [-0.39, 0.29) is 6.10 Å². The van der Waals surface area contributed by atoms with Crippen LogP contribution in [0.1, 0.15) is 36.0 Å². The van der Waals surface area contributed by atoms with Crippen LogP contribution in [0.5, 0.6) is 11.5 Å². The van der Waals surface area contributed by atoms with Gasteiger partial charge >= 0.3 is 0 Å². The molecule has 0 unspecified atom stereocenters. The summed E-state index contributed by atoms with van der Waals surface area (Å²) in [4.78, 5) is 2.39. The molecule has 202 valence electrons. The molecule has 1 saturated heterocycles. The van der Waals surface area contributed by atoms with E-state index in [1.54, 1.807) is 14.2 Å². The summed E-state index contributed by atoms with van der Waals surface area (Å²) < 4.78 is 35.3. The third-order valence-electron chi connectivity index (χ3n) is 7.51. The highest BCUT2D eigenvalue weighted by molar-refractivity contribution is 5.61. The first-order valence-corrected chi connectivity index (χ1v) is 13.4. The highest BCUT2D eigenvalue weighted by Gasteiger charge is 2.49. The molecule has 1 fully saturated rings. The molecule has 0 radical (unpaired) electrons. The molecule has 37 heavy (non-hydrogen) atoms. The van der Waals surface area contributed by atoms with Gasteiger partial charge in [-0.3, -0.25) is 0 Å². The number of nitrogens with zero attached hydrogens (tertiary/aromatic N) is 1. The zero-order valence-corrected chi connectivity index (χ0v) is 22.1. The van der Waals surface area contributed by atoms with Crippen molar-refractivity contribution in [2.45, 2.75) is 44.2 Å². The molecule has 1 spiro atoms. The molecule has 8 nitrogen and oxygen atoms in total. The number of anilines is 1. The summed E-state index contributed by atoms with van der Waals surface area (Å²) in [6.07, 6.45) is 2.66. The summed E-state index contributed by atoms with van der Waals surface area (Å²) in [6.45, 7) is 7.41. The fourth-order valence-corrected chi connectivity index (χ4v) is 5.61. The largest absolute Gasteiger partial charge is 0.493 e. The molecule has 0 amide bonds. The number of benzene rings is 2. The van der Waals surface area contributed by atoms with Crippen LogP contribution in [0.2, 0.25) is 0 Å². The van der Waals surface area contributed by atoms with Gasteiger partial charge in [0.25, 0.3) is 0 Å². The summed E-state index contributed by atoms with van der Waals surface area (Å²) in [5.74, 6) is 1.82. The summed E-state index contributed by atoms with van der Waals surface area (Å²) in [6, 6.07) is 12.7. The third kappa shape index (κ3) is 5.89. The summed E-state index contributed by atoms with van der Waals surface area (Å²) >= 11 is 0. The minimum Gasteiger partial charge on any atom is -0.493 e. The van der Waals surface area contributed by atoms with Crippen molar-refractivity contribution in [1.29, 1.82) is 0 Å². The van der Waals surface area contributed by atoms with Gasteiger partial charge in [0, 0.05) is 46.9 Å². The Balaban J connectivity index is 1.26. The monoisotopic (exact) mass is 512 g/mol. The topological polar surface area (TPSA) is 70.7 Å². The van der Waals surface area contributed by atoms with E-state index in [2.05, 4.69) is 46.6 Å². The first-order chi connectivity index (χ1) is 18.2. The Hall–Kier alpha value is -2.36. The summed E-state index contributed by atoms with van der Waals surface area (Å²) in [7, 11) is 3.46. The van der Waals surface area contributed by atoms with Crippen LogP contribution in [0.3, 0.4) is 0 Å². The minimum absolute atomic E-state index is 0.0824. The lowest BCUT2D eigenvalue weighted by Gasteiger charge is -2.41. The molecular formula is C29H40N2O6. The van der Waals surface area contributed by atoms with Crippen LogP contribution in [0.25, 0.3) is 0 Å². The maximum Gasteiger partial charge on any atom is 0.142 e. The molecule has 0 aliphatic carbocycles. The van der Waals surface area contributed by atoms with Gasteiger partial charge in [0.15, 0.2) is 0 Å². The first-order valence-electron chi connectivity index (χ1n) is 13.4. The summed E-state index contributed by atoms with van der Waals surface area (Å²) in [5.41, 5.74) is 4.27. The van der Waals surface area contributed by atoms with Gasteiger partial charge in [-0.05, 0) is 60.3 Å². The van der Waals surface area contributed by atoms with Crippen LogP contribution in [0, 0.1) is 0 Å². The molecule has 2 aromatic rings. The zero-order chi connectivity index (χ0) is 25.5. The predicted molar refractivity (Wildman–Crippen MR) is 142 cm³/mol. The van der Waals surface area contributed by atoms with Gasteiger partial charge in [0.2, 0.25) is 0 Å². The molecule has 3 heterocycles. The minimum atomic E-state index is -0.432. The number of hydrogen-bond donors (Lipinski definition) is 1. The zero-order valence-electron chi connectivity index (χ0n) is 22.1. The number of piperidine rings is 1. The Kier molecular flexibility index (Phi) is 8.84. The van der Waals surface area contributed by atoms with Crippen LogP contribution >= 0.6 is 0 Å². The number of nitrogens with one attached hydrogen (secondary N) is 1. The lowest BCUT2D eigenvalue weighted by molar-refractivity contribution is -0.162. The van der Waals surface area contributed by atoms with E-state index in [4.69, 9.17) is 28.4 Å². The van der Waals surface area contributed by atoms with E-state index in [1.165, 1.54) is 11.1 Å². The lowest BCUT2D eigenvalue weighted by atomic mass is 9.82.